The van der Waals surface area contributed by atoms with Crippen LogP contribution in [0, 0.1) is 5.92 Å². The molecule has 0 radical (unpaired) electrons. The lowest BCUT2D eigenvalue weighted by Crippen LogP contribution is -2.41. The number of carbonyl (C=O) groups is 2. The van der Waals surface area contributed by atoms with E-state index in [0.717, 1.165) is 0 Å². The van der Waals surface area contributed by atoms with E-state index in [9.17, 15) is 9.59 Å². The highest BCUT2D eigenvalue weighted by molar-refractivity contribution is 5.90. The Labute approximate surface area is 120 Å². The van der Waals surface area contributed by atoms with Crippen LogP contribution in [0.1, 0.15) is 41.0 Å². The van der Waals surface area contributed by atoms with Gasteiger partial charge in [0.15, 0.2) is 0 Å². The Morgan fingerprint density at radius 2 is 1.90 bits per heavy atom. The molecular weight excluding hydrogens is 260 g/mol. The van der Waals surface area contributed by atoms with Crippen LogP contribution in [-0.2, 0) is 23.8 Å². The number of carbonyl (C=O) groups excluding carboxylic acids is 2. The largest absolute Gasteiger partial charge is 0.463 e. The minimum atomic E-state index is -0.841. The quantitative estimate of drug-likeness (QED) is 0.572. The van der Waals surface area contributed by atoms with E-state index in [0.29, 0.717) is 6.42 Å². The highest BCUT2D eigenvalue weighted by Crippen LogP contribution is 2.44. The predicted octanol–water partition coefficient (Wildman–Crippen LogP) is 2.24. The van der Waals surface area contributed by atoms with E-state index < -0.39 is 17.7 Å². The van der Waals surface area contributed by atoms with Crippen molar-refractivity contribution in [1.29, 1.82) is 0 Å². The van der Waals surface area contributed by atoms with E-state index in [1.54, 1.807) is 6.92 Å². The number of ether oxygens (including phenoxy) is 3. The lowest BCUT2D eigenvalue weighted by atomic mass is 9.79. The Kier molecular flexibility index (Phi) is 5.34. The molecule has 0 bridgehead atoms. The summed E-state index contributed by atoms with van der Waals surface area (Å²) in [7, 11) is 0. The van der Waals surface area contributed by atoms with Gasteiger partial charge in [-0.05, 0) is 20.3 Å². The first-order valence-corrected chi connectivity index (χ1v) is 7.01. The summed E-state index contributed by atoms with van der Waals surface area (Å²) >= 11 is 0. The molecule has 0 aromatic heterocycles. The predicted molar refractivity (Wildman–Crippen MR) is 74.1 cm³/mol. The molecule has 4 atom stereocenters. The van der Waals surface area contributed by atoms with Crippen LogP contribution in [0.15, 0.2) is 12.2 Å². The van der Waals surface area contributed by atoms with Crippen LogP contribution in [0.2, 0.25) is 0 Å². The van der Waals surface area contributed by atoms with Gasteiger partial charge in [-0.15, -0.1) is 0 Å². The van der Waals surface area contributed by atoms with Crippen molar-refractivity contribution in [3.8, 4) is 0 Å². The molecular formula is C15H24O5. The molecule has 0 N–H and O–H groups in total. The Hall–Kier alpha value is -1.36. The van der Waals surface area contributed by atoms with Crippen molar-refractivity contribution in [2.75, 3.05) is 6.61 Å². The van der Waals surface area contributed by atoms with Crippen molar-refractivity contribution in [1.82, 2.24) is 0 Å². The fourth-order valence-corrected chi connectivity index (χ4v) is 2.92. The van der Waals surface area contributed by atoms with Crippen molar-refractivity contribution >= 4 is 11.9 Å². The normalized spacial score (nSPS) is 32.8. The van der Waals surface area contributed by atoms with E-state index in [2.05, 4.69) is 6.58 Å². The van der Waals surface area contributed by atoms with Gasteiger partial charge in [-0.1, -0.05) is 20.4 Å². The topological polar surface area (TPSA) is 61.8 Å². The molecule has 1 fully saturated rings. The van der Waals surface area contributed by atoms with Gasteiger partial charge < -0.3 is 14.2 Å². The third-order valence-corrected chi connectivity index (χ3v) is 3.95. The maximum absolute atomic E-state index is 12.0. The van der Waals surface area contributed by atoms with Crippen LogP contribution in [0.25, 0.3) is 0 Å². The molecule has 5 nitrogen and oxygen atoms in total. The van der Waals surface area contributed by atoms with Crippen LogP contribution in [0.4, 0.5) is 0 Å². The SMILES string of the molecule is C=C(C(=O)OCC)[C@@]1(CC)O[C@@H](C)[C@H](OC(C)=O)[C@H]1C. The second kappa shape index (κ2) is 6.39. The standard InChI is InChI=1S/C15H24O5/c1-7-15(10(4)14(17)18-8-2)9(3)13(11(5)20-15)19-12(6)16/h9,11,13H,4,7-8H2,1-3,5-6H3/t9-,11+,13-,15+/m1/s1. The molecule has 0 aliphatic carbocycles. The van der Waals surface area contributed by atoms with E-state index >= 15 is 0 Å². The first-order chi connectivity index (χ1) is 9.30. The lowest BCUT2D eigenvalue weighted by molar-refractivity contribution is -0.150. The monoisotopic (exact) mass is 284 g/mol. The van der Waals surface area contributed by atoms with Crippen LogP contribution in [0.3, 0.4) is 0 Å². The van der Waals surface area contributed by atoms with Gasteiger partial charge in [0.25, 0.3) is 0 Å². The van der Waals surface area contributed by atoms with Gasteiger partial charge in [0, 0.05) is 12.8 Å². The second-order valence-corrected chi connectivity index (χ2v) is 5.13. The first kappa shape index (κ1) is 16.7. The number of hydrogen-bond donors (Lipinski definition) is 0. The summed E-state index contributed by atoms with van der Waals surface area (Å²) in [5.74, 6) is -0.980. The Balaban J connectivity index is 3.02. The molecule has 0 amide bonds. The Morgan fingerprint density at radius 1 is 1.30 bits per heavy atom. The van der Waals surface area contributed by atoms with Gasteiger partial charge in [-0.2, -0.15) is 0 Å². The molecule has 1 saturated heterocycles. The van der Waals surface area contributed by atoms with Gasteiger partial charge in [0.05, 0.1) is 18.3 Å². The van der Waals surface area contributed by atoms with E-state index in [4.69, 9.17) is 14.2 Å². The van der Waals surface area contributed by atoms with E-state index in [1.165, 1.54) is 6.92 Å². The third-order valence-electron chi connectivity index (χ3n) is 3.95. The van der Waals surface area contributed by atoms with Gasteiger partial charge in [0.1, 0.15) is 11.7 Å². The number of esters is 2. The summed E-state index contributed by atoms with van der Waals surface area (Å²) in [6.07, 6.45) is -0.118. The van der Waals surface area contributed by atoms with Crippen molar-refractivity contribution in [2.45, 2.75) is 58.8 Å². The van der Waals surface area contributed by atoms with Gasteiger partial charge in [-0.3, -0.25) is 4.79 Å². The Morgan fingerprint density at radius 3 is 2.35 bits per heavy atom. The summed E-state index contributed by atoms with van der Waals surface area (Å²) in [6, 6.07) is 0. The fraction of sp³-hybridized carbons (Fsp3) is 0.733. The van der Waals surface area contributed by atoms with Crippen LogP contribution < -0.4 is 0 Å². The average molecular weight is 284 g/mol. The summed E-state index contributed by atoms with van der Waals surface area (Å²) in [4.78, 5) is 23.2. The molecule has 5 heteroatoms. The zero-order chi connectivity index (χ0) is 15.5. The van der Waals surface area contributed by atoms with Gasteiger partial charge in [0.2, 0.25) is 0 Å². The molecule has 1 aliphatic heterocycles. The fourth-order valence-electron chi connectivity index (χ4n) is 2.92. The maximum atomic E-state index is 12.0. The molecule has 114 valence electrons. The van der Waals surface area contributed by atoms with Gasteiger partial charge in [-0.25, -0.2) is 4.79 Å². The molecule has 0 aromatic rings. The van der Waals surface area contributed by atoms with Crippen LogP contribution in [0.5, 0.6) is 0 Å². The average Bonchev–Trinajstić information content (AvgIpc) is 2.62. The highest BCUT2D eigenvalue weighted by Gasteiger charge is 2.55. The zero-order valence-corrected chi connectivity index (χ0v) is 12.9. The maximum Gasteiger partial charge on any atom is 0.336 e. The highest BCUT2D eigenvalue weighted by atomic mass is 16.6. The van der Waals surface area contributed by atoms with Crippen LogP contribution in [-0.4, -0.2) is 36.4 Å². The number of rotatable bonds is 5. The second-order valence-electron chi connectivity index (χ2n) is 5.13. The zero-order valence-electron chi connectivity index (χ0n) is 12.9. The Bertz CT molecular complexity index is 403. The van der Waals surface area contributed by atoms with Crippen LogP contribution >= 0.6 is 0 Å². The summed E-state index contributed by atoms with van der Waals surface area (Å²) in [6.45, 7) is 12.9. The minimum absolute atomic E-state index is 0.164. The molecule has 0 aromatic carbocycles. The van der Waals surface area contributed by atoms with Crippen molar-refractivity contribution < 1.29 is 23.8 Å². The molecule has 1 heterocycles. The molecule has 0 spiro atoms. The van der Waals surface area contributed by atoms with Gasteiger partial charge >= 0.3 is 11.9 Å². The summed E-state index contributed by atoms with van der Waals surface area (Å²) in [5.41, 5.74) is -0.554. The lowest BCUT2D eigenvalue weighted by Gasteiger charge is -2.33. The molecule has 0 unspecified atom stereocenters. The van der Waals surface area contributed by atoms with E-state index in [1.807, 2.05) is 20.8 Å². The summed E-state index contributed by atoms with van der Waals surface area (Å²) < 4.78 is 16.3. The molecule has 1 rings (SSSR count). The smallest absolute Gasteiger partial charge is 0.336 e. The van der Waals surface area contributed by atoms with E-state index in [-0.39, 0.29) is 30.2 Å². The minimum Gasteiger partial charge on any atom is -0.463 e. The number of hydrogen-bond acceptors (Lipinski definition) is 5. The van der Waals surface area contributed by atoms with Crippen molar-refractivity contribution in [3.63, 3.8) is 0 Å². The molecule has 1 aliphatic rings. The van der Waals surface area contributed by atoms with Crippen molar-refractivity contribution in [2.24, 2.45) is 5.92 Å². The molecule has 20 heavy (non-hydrogen) atoms. The first-order valence-electron chi connectivity index (χ1n) is 7.01. The van der Waals surface area contributed by atoms with Crippen molar-refractivity contribution in [3.05, 3.63) is 12.2 Å². The summed E-state index contributed by atoms with van der Waals surface area (Å²) in [5, 5.41) is 0. The third kappa shape index (κ3) is 2.87. The molecule has 0 saturated carbocycles.